The second-order valence-electron chi connectivity index (χ2n) is 3.74. The third-order valence-electron chi connectivity index (χ3n) is 2.77. The van der Waals surface area contributed by atoms with Crippen molar-refractivity contribution in [2.75, 3.05) is 5.88 Å². The Labute approximate surface area is 98.7 Å². The lowest BCUT2D eigenvalue weighted by Gasteiger charge is -2.09. The zero-order valence-electron chi connectivity index (χ0n) is 8.72. The highest BCUT2D eigenvalue weighted by molar-refractivity contribution is 6.19. The van der Waals surface area contributed by atoms with Gasteiger partial charge >= 0.3 is 0 Å². The minimum atomic E-state index is 0.0479. The van der Waals surface area contributed by atoms with Crippen LogP contribution in [0, 0.1) is 11.3 Å². The Morgan fingerprint density at radius 3 is 3.12 bits per heavy atom. The first-order valence-corrected chi connectivity index (χ1v) is 5.67. The van der Waals surface area contributed by atoms with Crippen molar-refractivity contribution in [3.8, 4) is 6.07 Å². The van der Waals surface area contributed by atoms with E-state index < -0.39 is 0 Å². The molecule has 1 aromatic heterocycles. The molecule has 0 amide bonds. The molecule has 0 aromatic carbocycles. The van der Waals surface area contributed by atoms with Gasteiger partial charge in [-0.15, -0.1) is 11.6 Å². The summed E-state index contributed by atoms with van der Waals surface area (Å²) in [7, 11) is 0. The summed E-state index contributed by atoms with van der Waals surface area (Å²) in [5.74, 6) is 0.381. The average Bonchev–Trinajstić information content (AvgIpc) is 2.71. The second-order valence-corrected chi connectivity index (χ2v) is 4.12. The Morgan fingerprint density at radius 2 is 2.44 bits per heavy atom. The van der Waals surface area contributed by atoms with Crippen LogP contribution in [0.3, 0.4) is 0 Å². The molecule has 0 fully saturated rings. The normalized spacial score (nSPS) is 13.9. The van der Waals surface area contributed by atoms with Gasteiger partial charge < -0.3 is 4.98 Å². The van der Waals surface area contributed by atoms with E-state index in [0.717, 1.165) is 16.8 Å². The fraction of sp³-hybridized carbons (Fsp3) is 0.333. The van der Waals surface area contributed by atoms with Crippen molar-refractivity contribution >= 4 is 17.4 Å². The van der Waals surface area contributed by atoms with Gasteiger partial charge in [0.25, 0.3) is 0 Å². The molecule has 1 N–H and O–H groups in total. The molecule has 4 heteroatoms. The maximum atomic E-state index is 11.8. The smallest absolute Gasteiger partial charge is 0.165 e. The number of hydrogen-bond acceptors (Lipinski definition) is 2. The molecule has 2 rings (SSSR count). The molecule has 0 radical (unpaired) electrons. The van der Waals surface area contributed by atoms with Gasteiger partial charge in [-0.3, -0.25) is 4.79 Å². The number of rotatable bonds is 3. The van der Waals surface area contributed by atoms with Crippen LogP contribution in [-0.2, 0) is 12.8 Å². The van der Waals surface area contributed by atoms with Crippen molar-refractivity contribution in [2.24, 2.45) is 0 Å². The van der Waals surface area contributed by atoms with Gasteiger partial charge in [0.1, 0.15) is 0 Å². The molecule has 0 bridgehead atoms. The summed E-state index contributed by atoms with van der Waals surface area (Å²) in [4.78, 5) is 14.9. The molecule has 1 aliphatic carbocycles. The third kappa shape index (κ3) is 1.89. The number of carbonyl (C=O) groups is 1. The van der Waals surface area contributed by atoms with E-state index in [1.54, 1.807) is 6.20 Å². The molecule has 1 aromatic rings. The number of nitrogens with zero attached hydrogens (tertiary/aromatic N) is 1. The Hall–Kier alpha value is -1.53. The molecule has 3 nitrogen and oxygen atoms in total. The summed E-state index contributed by atoms with van der Waals surface area (Å²) in [6.07, 6.45) is 5.23. The summed E-state index contributed by atoms with van der Waals surface area (Å²) in [6, 6.07) is 2.14. The zero-order valence-corrected chi connectivity index (χ0v) is 9.47. The molecule has 1 heterocycles. The van der Waals surface area contributed by atoms with Gasteiger partial charge in [0.2, 0.25) is 0 Å². The van der Waals surface area contributed by atoms with E-state index in [4.69, 9.17) is 16.9 Å². The van der Waals surface area contributed by atoms with Crippen LogP contribution < -0.4 is 0 Å². The maximum Gasteiger partial charge on any atom is 0.165 e. The van der Waals surface area contributed by atoms with Crippen molar-refractivity contribution < 1.29 is 4.79 Å². The van der Waals surface area contributed by atoms with Crippen LogP contribution in [0.4, 0.5) is 0 Å². The summed E-state index contributed by atoms with van der Waals surface area (Å²) in [5.41, 5.74) is 3.43. The monoisotopic (exact) mass is 234 g/mol. The standard InChI is InChI=1S/C12H11ClN2O/c13-4-3-12(16)10-7-15-11-2-1-8(6-14)5-9(10)11/h1,7,15H,2-5H2. The lowest BCUT2D eigenvalue weighted by molar-refractivity contribution is 0.0988. The summed E-state index contributed by atoms with van der Waals surface area (Å²) >= 11 is 5.56. The number of alkyl halides is 1. The number of aromatic amines is 1. The number of halogens is 1. The van der Waals surface area contributed by atoms with Gasteiger partial charge in [-0.2, -0.15) is 5.26 Å². The first kappa shape index (κ1) is 11.0. The molecule has 0 aliphatic heterocycles. The highest BCUT2D eigenvalue weighted by Gasteiger charge is 2.20. The molecule has 82 valence electrons. The van der Waals surface area contributed by atoms with Crippen LogP contribution in [0.15, 0.2) is 17.8 Å². The lowest BCUT2D eigenvalue weighted by atomic mass is 9.93. The van der Waals surface area contributed by atoms with Gasteiger partial charge in [0.15, 0.2) is 5.78 Å². The van der Waals surface area contributed by atoms with Crippen LogP contribution in [0.25, 0.3) is 0 Å². The molecule has 1 aliphatic rings. The SMILES string of the molecule is N#CC1=CCc2[nH]cc(C(=O)CCCl)c2C1. The molecule has 0 atom stereocenters. The molecular formula is C12H11ClN2O. The van der Waals surface area contributed by atoms with Crippen LogP contribution in [-0.4, -0.2) is 16.6 Å². The Kier molecular flexibility index (Phi) is 3.12. The van der Waals surface area contributed by atoms with Crippen LogP contribution in [0.1, 0.15) is 28.0 Å². The van der Waals surface area contributed by atoms with E-state index >= 15 is 0 Å². The lowest BCUT2D eigenvalue weighted by Crippen LogP contribution is -2.07. The predicted octanol–water partition coefficient (Wildman–Crippen LogP) is 2.37. The quantitative estimate of drug-likeness (QED) is 0.645. The Morgan fingerprint density at radius 1 is 1.62 bits per heavy atom. The number of H-pyrrole nitrogens is 1. The van der Waals surface area contributed by atoms with Crippen LogP contribution in [0.2, 0.25) is 0 Å². The van der Waals surface area contributed by atoms with E-state index in [0.29, 0.717) is 30.7 Å². The fourth-order valence-corrected chi connectivity index (χ4v) is 2.09. The number of allylic oxidation sites excluding steroid dienone is 2. The number of hydrogen-bond donors (Lipinski definition) is 1. The van der Waals surface area contributed by atoms with E-state index in [9.17, 15) is 4.79 Å². The third-order valence-corrected chi connectivity index (χ3v) is 2.95. The predicted molar refractivity (Wildman–Crippen MR) is 61.6 cm³/mol. The number of aromatic nitrogens is 1. The number of fused-ring (bicyclic) bond motifs is 1. The van der Waals surface area contributed by atoms with E-state index in [2.05, 4.69) is 11.1 Å². The molecule has 0 spiro atoms. The Bertz CT molecular complexity index is 494. The minimum absolute atomic E-state index is 0.0479. The van der Waals surface area contributed by atoms with Gasteiger partial charge in [-0.25, -0.2) is 0 Å². The van der Waals surface area contributed by atoms with E-state index in [1.165, 1.54) is 0 Å². The molecule has 0 unspecified atom stereocenters. The number of nitrogens with one attached hydrogen (secondary N) is 1. The summed E-state index contributed by atoms with van der Waals surface area (Å²) in [5, 5.41) is 8.85. The topological polar surface area (TPSA) is 56.6 Å². The van der Waals surface area contributed by atoms with E-state index in [1.807, 2.05) is 6.08 Å². The highest BCUT2D eigenvalue weighted by atomic mass is 35.5. The summed E-state index contributed by atoms with van der Waals surface area (Å²) in [6.45, 7) is 0. The molecule has 16 heavy (non-hydrogen) atoms. The van der Waals surface area contributed by atoms with Crippen molar-refractivity contribution in [2.45, 2.75) is 19.3 Å². The fourth-order valence-electron chi connectivity index (χ4n) is 1.92. The molecule has 0 saturated carbocycles. The van der Waals surface area contributed by atoms with Gasteiger partial charge in [-0.05, 0) is 5.56 Å². The van der Waals surface area contributed by atoms with Gasteiger partial charge in [0, 0.05) is 48.2 Å². The Balaban J connectivity index is 2.30. The number of carbonyl (C=O) groups excluding carboxylic acids is 1. The minimum Gasteiger partial charge on any atom is -0.364 e. The maximum absolute atomic E-state index is 11.8. The van der Waals surface area contributed by atoms with Crippen molar-refractivity contribution in [1.82, 2.24) is 4.98 Å². The van der Waals surface area contributed by atoms with Crippen LogP contribution >= 0.6 is 11.6 Å². The number of nitriles is 1. The number of Topliss-reactive ketones (excluding diaryl/α,β-unsaturated/α-hetero) is 1. The van der Waals surface area contributed by atoms with Crippen molar-refractivity contribution in [1.29, 1.82) is 5.26 Å². The first-order valence-electron chi connectivity index (χ1n) is 5.13. The molecular weight excluding hydrogens is 224 g/mol. The number of ketones is 1. The van der Waals surface area contributed by atoms with Crippen molar-refractivity contribution in [3.05, 3.63) is 34.7 Å². The first-order chi connectivity index (χ1) is 7.76. The van der Waals surface area contributed by atoms with Gasteiger partial charge in [-0.1, -0.05) is 6.08 Å². The largest absolute Gasteiger partial charge is 0.364 e. The average molecular weight is 235 g/mol. The molecule has 0 saturated heterocycles. The van der Waals surface area contributed by atoms with Crippen molar-refractivity contribution in [3.63, 3.8) is 0 Å². The highest BCUT2D eigenvalue weighted by Crippen LogP contribution is 2.24. The van der Waals surface area contributed by atoms with Crippen LogP contribution in [0.5, 0.6) is 0 Å². The van der Waals surface area contributed by atoms with Gasteiger partial charge in [0.05, 0.1) is 6.07 Å². The summed E-state index contributed by atoms with van der Waals surface area (Å²) < 4.78 is 0. The second kappa shape index (κ2) is 4.54. The zero-order chi connectivity index (χ0) is 11.5. The van der Waals surface area contributed by atoms with E-state index in [-0.39, 0.29) is 5.78 Å².